The van der Waals surface area contributed by atoms with Crippen molar-refractivity contribution in [3.05, 3.63) is 42.1 Å². The van der Waals surface area contributed by atoms with Gasteiger partial charge in [-0.1, -0.05) is 30.0 Å². The summed E-state index contributed by atoms with van der Waals surface area (Å²) in [6, 6.07) is 11.1. The van der Waals surface area contributed by atoms with Gasteiger partial charge in [-0.25, -0.2) is 13.4 Å². The lowest BCUT2D eigenvalue weighted by molar-refractivity contribution is -0.117. The first kappa shape index (κ1) is 18.5. The number of likely N-dealkylation sites (N-methyl/N-ethyl adjacent to an activating group) is 1. The normalized spacial score (nSPS) is 25.8. The number of hydrogen-bond donors (Lipinski definition) is 1. The van der Waals surface area contributed by atoms with Gasteiger partial charge in [0, 0.05) is 17.5 Å². The zero-order chi connectivity index (χ0) is 18.7. The predicted molar refractivity (Wildman–Crippen MR) is 103 cm³/mol. The highest BCUT2D eigenvalue weighted by molar-refractivity contribution is 8.16. The number of para-hydroxylation sites is 1. The summed E-state index contributed by atoms with van der Waals surface area (Å²) in [5, 5.41) is 12.2. The molecule has 2 fully saturated rings. The van der Waals surface area contributed by atoms with Crippen LogP contribution in [0.5, 0.6) is 0 Å². The van der Waals surface area contributed by atoms with Crippen molar-refractivity contribution in [2.24, 2.45) is 4.99 Å². The van der Waals surface area contributed by atoms with Crippen LogP contribution in [0.2, 0.25) is 0 Å². The second kappa shape index (κ2) is 7.51. The molecule has 2 saturated heterocycles. The first-order valence-electron chi connectivity index (χ1n) is 8.13. The fraction of sp³-hybridized carbons (Fsp3) is 0.353. The third-order valence-electron chi connectivity index (χ3n) is 4.11. The second-order valence-electron chi connectivity index (χ2n) is 5.93. The summed E-state index contributed by atoms with van der Waals surface area (Å²) in [7, 11) is -3.08. The van der Waals surface area contributed by atoms with Crippen LogP contribution in [0.3, 0.4) is 0 Å². The average molecular weight is 390 g/mol. The van der Waals surface area contributed by atoms with Crippen LogP contribution in [-0.2, 0) is 14.6 Å². The van der Waals surface area contributed by atoms with Crippen LogP contribution in [-0.4, -0.2) is 48.8 Å². The van der Waals surface area contributed by atoms with Crippen LogP contribution in [0.4, 0.5) is 5.69 Å². The highest BCUT2D eigenvalue weighted by Crippen LogP contribution is 2.40. The van der Waals surface area contributed by atoms with Crippen molar-refractivity contribution in [3.63, 3.8) is 0 Å². The van der Waals surface area contributed by atoms with E-state index in [-0.39, 0.29) is 28.4 Å². The van der Waals surface area contributed by atoms with Gasteiger partial charge in [0.2, 0.25) is 0 Å². The van der Waals surface area contributed by atoms with Crippen LogP contribution in [0.1, 0.15) is 6.92 Å². The maximum absolute atomic E-state index is 12.0. The number of carbonyl (C=O) groups excluding carboxylic acids is 1. The van der Waals surface area contributed by atoms with Crippen molar-refractivity contribution in [1.82, 2.24) is 5.32 Å². The number of hydrogen-bond acceptors (Lipinski definition) is 6. The summed E-state index contributed by atoms with van der Waals surface area (Å²) >= 11 is 1.38. The SMILES string of the molecule is CCNC(=O)/C(C#N)=C\N=C1S[C@H]2CS(=O)(=O)C[C@H]2N1c1ccccc1. The number of nitrogens with one attached hydrogen (secondary N) is 1. The first-order valence-corrected chi connectivity index (χ1v) is 10.8. The average Bonchev–Trinajstić information content (AvgIpc) is 3.07. The lowest BCUT2D eigenvalue weighted by Crippen LogP contribution is -2.37. The lowest BCUT2D eigenvalue weighted by atomic mass is 10.2. The number of nitrogens with zero attached hydrogens (tertiary/aromatic N) is 3. The van der Waals surface area contributed by atoms with E-state index in [0.717, 1.165) is 5.69 Å². The van der Waals surface area contributed by atoms with E-state index < -0.39 is 15.7 Å². The van der Waals surface area contributed by atoms with Gasteiger partial charge < -0.3 is 10.2 Å². The molecule has 0 spiro atoms. The molecule has 136 valence electrons. The van der Waals surface area contributed by atoms with Crippen molar-refractivity contribution in [2.75, 3.05) is 23.0 Å². The quantitative estimate of drug-likeness (QED) is 0.614. The van der Waals surface area contributed by atoms with Crippen LogP contribution in [0.25, 0.3) is 0 Å². The molecule has 2 aliphatic rings. The standard InChI is InChI=1S/C17H18N4O3S2/c1-2-19-16(22)12(8-18)9-20-17-21(13-6-4-3-5-7-13)14-10-26(23,24)11-15(14)25-17/h3-7,9,14-15H,2,10-11H2,1H3,(H,19,22)/b12-9-,20-17?/t14-,15+/m1/s1. The van der Waals surface area contributed by atoms with E-state index in [1.54, 1.807) is 6.92 Å². The molecule has 2 heterocycles. The van der Waals surface area contributed by atoms with Gasteiger partial charge >= 0.3 is 0 Å². The molecular weight excluding hydrogens is 372 g/mol. The number of sulfone groups is 1. The van der Waals surface area contributed by atoms with Crippen molar-refractivity contribution >= 4 is 38.4 Å². The third-order valence-corrected chi connectivity index (χ3v) is 7.33. The van der Waals surface area contributed by atoms with E-state index >= 15 is 0 Å². The molecule has 9 heteroatoms. The molecule has 1 N–H and O–H groups in total. The number of anilines is 1. The molecule has 3 rings (SSSR count). The van der Waals surface area contributed by atoms with Gasteiger partial charge in [-0.05, 0) is 19.1 Å². The van der Waals surface area contributed by atoms with Gasteiger partial charge in [0.05, 0.1) is 23.7 Å². The van der Waals surface area contributed by atoms with Gasteiger partial charge in [-0.2, -0.15) is 5.26 Å². The number of amidine groups is 1. The summed E-state index contributed by atoms with van der Waals surface area (Å²) in [5.41, 5.74) is 0.755. The maximum Gasteiger partial charge on any atom is 0.263 e. The Hall–Kier alpha value is -2.31. The largest absolute Gasteiger partial charge is 0.352 e. The Bertz CT molecular complexity index is 904. The monoisotopic (exact) mass is 390 g/mol. The molecule has 2 aliphatic heterocycles. The molecule has 0 unspecified atom stereocenters. The molecule has 1 amide bonds. The molecule has 0 radical (unpaired) electrons. The number of nitriles is 1. The number of carbonyl (C=O) groups is 1. The molecule has 1 aromatic carbocycles. The zero-order valence-corrected chi connectivity index (χ0v) is 15.8. The van der Waals surface area contributed by atoms with Crippen LogP contribution >= 0.6 is 11.8 Å². The molecule has 26 heavy (non-hydrogen) atoms. The fourth-order valence-electron chi connectivity index (χ4n) is 2.98. The zero-order valence-electron chi connectivity index (χ0n) is 14.1. The minimum absolute atomic E-state index is 0.0731. The van der Waals surface area contributed by atoms with Gasteiger partial charge in [0.1, 0.15) is 11.6 Å². The molecule has 0 aliphatic carbocycles. The summed E-state index contributed by atoms with van der Waals surface area (Å²) in [5.74, 6) is -0.295. The number of fused-ring (bicyclic) bond motifs is 1. The second-order valence-corrected chi connectivity index (χ2v) is 9.29. The number of thioether (sulfide) groups is 1. The lowest BCUT2D eigenvalue weighted by Gasteiger charge is -2.24. The van der Waals surface area contributed by atoms with E-state index in [9.17, 15) is 13.2 Å². The summed E-state index contributed by atoms with van der Waals surface area (Å²) in [4.78, 5) is 18.1. The van der Waals surface area contributed by atoms with E-state index in [1.165, 1.54) is 18.0 Å². The van der Waals surface area contributed by atoms with Gasteiger partial charge in [0.25, 0.3) is 5.91 Å². The Balaban J connectivity index is 1.96. The first-order chi connectivity index (χ1) is 12.4. The minimum Gasteiger partial charge on any atom is -0.352 e. The highest BCUT2D eigenvalue weighted by Gasteiger charge is 2.49. The Morgan fingerprint density at radius 2 is 2.15 bits per heavy atom. The topological polar surface area (TPSA) is 103 Å². The third kappa shape index (κ3) is 3.76. The fourth-order valence-corrected chi connectivity index (χ4v) is 6.87. The highest BCUT2D eigenvalue weighted by atomic mass is 32.2. The number of rotatable bonds is 4. The van der Waals surface area contributed by atoms with Crippen molar-refractivity contribution in [3.8, 4) is 6.07 Å². The van der Waals surface area contributed by atoms with Gasteiger partial charge in [-0.15, -0.1) is 0 Å². The van der Waals surface area contributed by atoms with Crippen molar-refractivity contribution < 1.29 is 13.2 Å². The summed E-state index contributed by atoms with van der Waals surface area (Å²) < 4.78 is 24.0. The number of amides is 1. The Labute approximate surface area is 156 Å². The van der Waals surface area contributed by atoms with E-state index in [1.807, 2.05) is 41.3 Å². The predicted octanol–water partition coefficient (Wildman–Crippen LogP) is 1.30. The summed E-state index contributed by atoms with van der Waals surface area (Å²) in [6.45, 7) is 2.19. The Kier molecular flexibility index (Phi) is 5.34. The van der Waals surface area contributed by atoms with Crippen LogP contribution in [0.15, 0.2) is 47.1 Å². The molecule has 0 saturated carbocycles. The van der Waals surface area contributed by atoms with Crippen molar-refractivity contribution in [1.29, 1.82) is 5.26 Å². The maximum atomic E-state index is 12.0. The van der Waals surface area contributed by atoms with Crippen molar-refractivity contribution in [2.45, 2.75) is 18.2 Å². The van der Waals surface area contributed by atoms with Gasteiger partial charge in [0.15, 0.2) is 15.0 Å². The van der Waals surface area contributed by atoms with Crippen LogP contribution < -0.4 is 10.2 Å². The molecule has 0 bridgehead atoms. The number of aliphatic imine (C=N–C) groups is 1. The molecule has 0 aromatic heterocycles. The van der Waals surface area contributed by atoms with Crippen LogP contribution in [0, 0.1) is 11.3 Å². The van der Waals surface area contributed by atoms with E-state index in [0.29, 0.717) is 11.7 Å². The van der Waals surface area contributed by atoms with E-state index in [2.05, 4.69) is 10.3 Å². The smallest absolute Gasteiger partial charge is 0.263 e. The molecule has 2 atom stereocenters. The molecule has 7 nitrogen and oxygen atoms in total. The Morgan fingerprint density at radius 3 is 2.81 bits per heavy atom. The summed E-state index contributed by atoms with van der Waals surface area (Å²) in [6.07, 6.45) is 1.25. The molecular formula is C17H18N4O3S2. The molecule has 1 aromatic rings. The number of benzene rings is 1. The minimum atomic E-state index is -3.08. The van der Waals surface area contributed by atoms with E-state index in [4.69, 9.17) is 5.26 Å². The Morgan fingerprint density at radius 1 is 1.42 bits per heavy atom. The van der Waals surface area contributed by atoms with Gasteiger partial charge in [-0.3, -0.25) is 4.79 Å².